The van der Waals surface area contributed by atoms with E-state index < -0.39 is 5.41 Å². The van der Waals surface area contributed by atoms with Gasteiger partial charge in [-0.15, -0.1) is 0 Å². The molecule has 0 N–H and O–H groups in total. The maximum Gasteiger partial charge on any atom is 0.282 e. The van der Waals surface area contributed by atoms with Gasteiger partial charge in [0, 0.05) is 15.5 Å². The monoisotopic (exact) mass is 501 g/mol. The first-order valence-corrected chi connectivity index (χ1v) is 11.0. The van der Waals surface area contributed by atoms with Crippen LogP contribution in [0.15, 0.2) is 44.7 Å². The summed E-state index contributed by atoms with van der Waals surface area (Å²) in [5, 5.41) is 5.00. The van der Waals surface area contributed by atoms with Gasteiger partial charge in [-0.2, -0.15) is 9.78 Å². The first-order valence-electron chi connectivity index (χ1n) is 10.2. The van der Waals surface area contributed by atoms with Gasteiger partial charge in [0.05, 0.1) is 37.4 Å². The largest absolute Gasteiger partial charge is 0.493 e. The average Bonchev–Trinajstić information content (AvgIpc) is 2.72. The van der Waals surface area contributed by atoms with Gasteiger partial charge in [-0.05, 0) is 44.2 Å². The lowest BCUT2D eigenvalue weighted by atomic mass is 9.95. The van der Waals surface area contributed by atoms with Crippen LogP contribution in [0.5, 0.6) is 17.2 Å². The van der Waals surface area contributed by atoms with Gasteiger partial charge in [-0.25, -0.2) is 4.98 Å². The Bertz CT molecular complexity index is 1200. The van der Waals surface area contributed by atoms with E-state index in [1.807, 2.05) is 46.8 Å². The van der Waals surface area contributed by atoms with Crippen LogP contribution in [0.25, 0.3) is 10.9 Å². The third-order valence-electron chi connectivity index (χ3n) is 4.64. The fourth-order valence-corrected chi connectivity index (χ4v) is 3.55. The quantitative estimate of drug-likeness (QED) is 0.437. The summed E-state index contributed by atoms with van der Waals surface area (Å²) in [5.41, 5.74) is 0.683. The summed E-state index contributed by atoms with van der Waals surface area (Å²) in [5.74, 6) is 2.12. The normalized spacial score (nSPS) is 12.0. The van der Waals surface area contributed by atoms with Gasteiger partial charge >= 0.3 is 0 Å². The lowest BCUT2D eigenvalue weighted by Crippen LogP contribution is -2.29. The van der Waals surface area contributed by atoms with E-state index in [2.05, 4.69) is 21.0 Å². The van der Waals surface area contributed by atoms with Crippen molar-refractivity contribution in [1.29, 1.82) is 0 Å². The molecule has 8 heteroatoms. The summed E-state index contributed by atoms with van der Waals surface area (Å²) in [4.78, 5) is 18.0. The Hall–Kier alpha value is -2.87. The molecule has 1 aromatic heterocycles. The summed E-state index contributed by atoms with van der Waals surface area (Å²) < 4.78 is 19.0. The summed E-state index contributed by atoms with van der Waals surface area (Å²) in [6, 6.07) is 9.03. The number of halogens is 1. The zero-order valence-corrected chi connectivity index (χ0v) is 21.0. The molecule has 170 valence electrons. The fourth-order valence-electron chi connectivity index (χ4n) is 3.19. The number of aromatic nitrogens is 2. The van der Waals surface area contributed by atoms with Gasteiger partial charge in [0.15, 0.2) is 11.5 Å². The minimum absolute atomic E-state index is 0.0479. The van der Waals surface area contributed by atoms with Crippen molar-refractivity contribution in [2.45, 2.75) is 46.1 Å². The lowest BCUT2D eigenvalue weighted by Gasteiger charge is -2.21. The Labute approximate surface area is 196 Å². The van der Waals surface area contributed by atoms with Crippen LogP contribution in [-0.4, -0.2) is 36.2 Å². The van der Waals surface area contributed by atoms with Crippen molar-refractivity contribution < 1.29 is 14.2 Å². The number of nitrogens with zero attached hydrogens (tertiary/aromatic N) is 3. The molecule has 0 unspecified atom stereocenters. The van der Waals surface area contributed by atoms with E-state index in [4.69, 9.17) is 19.2 Å². The highest BCUT2D eigenvalue weighted by atomic mass is 79.9. The van der Waals surface area contributed by atoms with Crippen LogP contribution in [0.3, 0.4) is 0 Å². The van der Waals surface area contributed by atoms with E-state index in [-0.39, 0.29) is 11.7 Å². The predicted octanol–water partition coefficient (Wildman–Crippen LogP) is 5.14. The highest BCUT2D eigenvalue weighted by Crippen LogP contribution is 2.39. The maximum absolute atomic E-state index is 13.3. The number of rotatable bonds is 6. The first kappa shape index (κ1) is 23.8. The Morgan fingerprint density at radius 3 is 2.25 bits per heavy atom. The topological polar surface area (TPSA) is 74.9 Å². The molecule has 0 saturated carbocycles. The van der Waals surface area contributed by atoms with Crippen LogP contribution < -0.4 is 19.8 Å². The zero-order valence-electron chi connectivity index (χ0n) is 19.4. The number of hydrogen-bond donors (Lipinski definition) is 0. The van der Waals surface area contributed by atoms with E-state index in [0.717, 1.165) is 4.47 Å². The molecule has 1 heterocycles. The smallest absolute Gasteiger partial charge is 0.282 e. The predicted molar refractivity (Wildman–Crippen MR) is 131 cm³/mol. The van der Waals surface area contributed by atoms with Crippen molar-refractivity contribution in [3.63, 3.8) is 0 Å². The van der Waals surface area contributed by atoms with Gasteiger partial charge in [0.1, 0.15) is 5.82 Å². The van der Waals surface area contributed by atoms with Crippen molar-refractivity contribution in [1.82, 2.24) is 9.66 Å². The molecule has 0 spiro atoms. The molecule has 0 bridgehead atoms. The van der Waals surface area contributed by atoms with Crippen molar-refractivity contribution >= 4 is 33.0 Å². The van der Waals surface area contributed by atoms with Crippen LogP contribution in [0, 0.1) is 0 Å². The van der Waals surface area contributed by atoms with Crippen LogP contribution in [0.2, 0.25) is 0 Å². The van der Waals surface area contributed by atoms with Crippen LogP contribution in [-0.2, 0) is 5.41 Å². The SMILES string of the molecule is COc1cc(C=Nn2c(C(C)(C)C)nc3ccc(Br)cc3c2=O)cc(OC)c1OC(C)C. The van der Waals surface area contributed by atoms with Gasteiger partial charge in [0.25, 0.3) is 5.56 Å². The highest BCUT2D eigenvalue weighted by molar-refractivity contribution is 9.10. The minimum Gasteiger partial charge on any atom is -0.493 e. The fraction of sp³-hybridized carbons (Fsp3) is 0.375. The molecule has 32 heavy (non-hydrogen) atoms. The Kier molecular flexibility index (Phi) is 6.93. The van der Waals surface area contributed by atoms with Crippen molar-refractivity contribution in [3.8, 4) is 17.2 Å². The first-order chi connectivity index (χ1) is 15.0. The Balaban J connectivity index is 2.18. The molecule has 0 aliphatic heterocycles. The molecule has 3 rings (SSSR count). The number of hydrogen-bond acceptors (Lipinski definition) is 6. The van der Waals surface area contributed by atoms with Gasteiger partial charge in [-0.1, -0.05) is 36.7 Å². The number of methoxy groups -OCH3 is 2. The lowest BCUT2D eigenvalue weighted by molar-refractivity contribution is 0.218. The van der Waals surface area contributed by atoms with Gasteiger partial charge < -0.3 is 14.2 Å². The molecule has 0 radical (unpaired) electrons. The Morgan fingerprint density at radius 1 is 1.09 bits per heavy atom. The third kappa shape index (κ3) is 4.96. The zero-order chi connectivity index (χ0) is 23.6. The van der Waals surface area contributed by atoms with E-state index in [0.29, 0.717) is 39.5 Å². The van der Waals surface area contributed by atoms with Crippen molar-refractivity contribution in [3.05, 3.63) is 56.5 Å². The average molecular weight is 502 g/mol. The molecular formula is C24H28BrN3O4. The summed E-state index contributed by atoms with van der Waals surface area (Å²) in [7, 11) is 3.13. The molecule has 2 aromatic carbocycles. The number of ether oxygens (including phenoxy) is 3. The second-order valence-electron chi connectivity index (χ2n) is 8.63. The molecule has 7 nitrogen and oxygen atoms in total. The van der Waals surface area contributed by atoms with Crippen LogP contribution in [0.4, 0.5) is 0 Å². The van der Waals surface area contributed by atoms with Crippen molar-refractivity contribution in [2.75, 3.05) is 14.2 Å². The molecule has 0 amide bonds. The summed E-state index contributed by atoms with van der Waals surface area (Å²) >= 11 is 3.43. The van der Waals surface area contributed by atoms with Gasteiger partial charge in [0.2, 0.25) is 5.75 Å². The van der Waals surface area contributed by atoms with Crippen molar-refractivity contribution in [2.24, 2.45) is 5.10 Å². The maximum atomic E-state index is 13.3. The third-order valence-corrected chi connectivity index (χ3v) is 5.13. The Morgan fingerprint density at radius 2 is 1.72 bits per heavy atom. The summed E-state index contributed by atoms with van der Waals surface area (Å²) in [6.07, 6.45) is 1.54. The molecule has 3 aromatic rings. The second kappa shape index (κ2) is 9.32. The van der Waals surface area contributed by atoms with E-state index in [1.165, 1.54) is 4.68 Å². The highest BCUT2D eigenvalue weighted by Gasteiger charge is 2.23. The van der Waals surface area contributed by atoms with Crippen LogP contribution in [0.1, 0.15) is 46.0 Å². The van der Waals surface area contributed by atoms with Gasteiger partial charge in [-0.3, -0.25) is 4.79 Å². The summed E-state index contributed by atoms with van der Waals surface area (Å²) in [6.45, 7) is 9.85. The molecule has 0 saturated heterocycles. The van der Waals surface area contributed by atoms with E-state index >= 15 is 0 Å². The molecule has 0 fully saturated rings. The molecular weight excluding hydrogens is 474 g/mol. The number of benzene rings is 2. The van der Waals surface area contributed by atoms with E-state index in [9.17, 15) is 4.79 Å². The molecule has 0 aliphatic rings. The van der Waals surface area contributed by atoms with E-state index in [1.54, 1.807) is 38.6 Å². The minimum atomic E-state index is -0.401. The number of fused-ring (bicyclic) bond motifs is 1. The standard InChI is InChI=1S/C24H28BrN3O4/c1-14(2)32-21-19(30-6)10-15(11-20(21)31-7)13-26-28-22(29)17-12-16(25)8-9-18(17)27-23(28)24(3,4)5/h8-14H,1-7H3. The molecule has 0 aliphatic carbocycles. The molecule has 0 atom stereocenters. The van der Waals surface area contributed by atoms with Crippen LogP contribution >= 0.6 is 15.9 Å². The second-order valence-corrected chi connectivity index (χ2v) is 9.55.